The van der Waals surface area contributed by atoms with Crippen LogP contribution in [0.25, 0.3) is 10.9 Å². The van der Waals surface area contributed by atoms with E-state index in [1.807, 2.05) is 44.3 Å². The summed E-state index contributed by atoms with van der Waals surface area (Å²) in [5.41, 5.74) is 7.82. The summed E-state index contributed by atoms with van der Waals surface area (Å²) in [7, 11) is 0.0792. The lowest BCUT2D eigenvalue weighted by Gasteiger charge is -2.22. The molecular formula is C20H29N3O3. The van der Waals surface area contributed by atoms with E-state index >= 15 is 0 Å². The second kappa shape index (κ2) is 8.85. The molecule has 2 rings (SSSR count). The number of rotatable bonds is 8. The molecular weight excluding hydrogens is 330 g/mol. The highest BCUT2D eigenvalue weighted by Gasteiger charge is 2.28. The van der Waals surface area contributed by atoms with Crippen LogP contribution in [0.3, 0.4) is 0 Å². The van der Waals surface area contributed by atoms with Crippen molar-refractivity contribution in [2.75, 3.05) is 6.61 Å². The molecule has 0 aliphatic carbocycles. The summed E-state index contributed by atoms with van der Waals surface area (Å²) in [6.07, 6.45) is 2.91. The number of ether oxygens (including phenoxy) is 1. The Morgan fingerprint density at radius 1 is 1.35 bits per heavy atom. The van der Waals surface area contributed by atoms with E-state index in [0.717, 1.165) is 22.9 Å². The normalized spacial score (nSPS) is 15.2. The highest BCUT2D eigenvalue weighted by Crippen LogP contribution is 2.22. The molecule has 0 radical (unpaired) electrons. The van der Waals surface area contributed by atoms with Crippen molar-refractivity contribution in [1.29, 1.82) is 0 Å². The van der Waals surface area contributed by atoms with Gasteiger partial charge in [0.25, 0.3) is 0 Å². The molecule has 0 spiro atoms. The fourth-order valence-corrected chi connectivity index (χ4v) is 2.92. The molecule has 1 heterocycles. The molecule has 26 heavy (non-hydrogen) atoms. The van der Waals surface area contributed by atoms with Gasteiger partial charge in [0.05, 0.1) is 12.6 Å². The van der Waals surface area contributed by atoms with Crippen LogP contribution in [0, 0.1) is 5.92 Å². The minimum atomic E-state index is -0.822. The molecule has 3 atom stereocenters. The summed E-state index contributed by atoms with van der Waals surface area (Å²) >= 11 is 0. The van der Waals surface area contributed by atoms with Crippen LogP contribution in [0.5, 0.6) is 0 Å². The summed E-state index contributed by atoms with van der Waals surface area (Å²) in [5, 5.41) is 3.72. The maximum Gasteiger partial charge on any atom is 0.328 e. The quantitative estimate of drug-likeness (QED) is 0.706. The first-order chi connectivity index (χ1) is 12.9. The lowest BCUT2D eigenvalue weighted by atomic mass is 9.98. The Hall–Kier alpha value is -2.34. The van der Waals surface area contributed by atoms with Crippen molar-refractivity contribution in [2.24, 2.45) is 18.7 Å². The molecule has 1 aromatic carbocycles. The number of aryl methyl sites for hydroxylation is 1. The monoisotopic (exact) mass is 360 g/mol. The number of aromatic nitrogens is 1. The Morgan fingerprint density at radius 3 is 2.73 bits per heavy atom. The van der Waals surface area contributed by atoms with E-state index in [9.17, 15) is 9.59 Å². The second-order valence-electron chi connectivity index (χ2n) is 6.57. The minimum Gasteiger partial charge on any atom is -0.464 e. The molecule has 6 nitrogen and oxygen atoms in total. The summed E-state index contributed by atoms with van der Waals surface area (Å²) in [6, 6.07) is 6.21. The fraction of sp³-hybridized carbons (Fsp3) is 0.500. The highest BCUT2D eigenvalue weighted by atomic mass is 16.5. The van der Waals surface area contributed by atoms with Crippen molar-refractivity contribution in [1.82, 2.24) is 9.88 Å². The van der Waals surface area contributed by atoms with E-state index in [1.54, 1.807) is 11.5 Å². The summed E-state index contributed by atoms with van der Waals surface area (Å²) < 4.78 is 14.7. The van der Waals surface area contributed by atoms with Gasteiger partial charge in [0, 0.05) is 31.9 Å². The average molecular weight is 360 g/mol. The Kier molecular flexibility index (Phi) is 6.28. The molecule has 142 valence electrons. The van der Waals surface area contributed by atoms with E-state index in [0.29, 0.717) is 0 Å². The van der Waals surface area contributed by atoms with Crippen LogP contribution in [0.1, 0.15) is 34.1 Å². The SMILES string of the molecule is [2H]Cn1cc(C[C@H](NC(=O)[C@@H](N)[C@@H](C)CC)C(=O)OCC)c2ccccc21. The van der Waals surface area contributed by atoms with Gasteiger partial charge in [-0.15, -0.1) is 0 Å². The molecule has 0 fully saturated rings. The average Bonchev–Trinajstić information content (AvgIpc) is 3.04. The molecule has 0 bridgehead atoms. The van der Waals surface area contributed by atoms with Gasteiger partial charge in [-0.05, 0) is 24.5 Å². The largest absolute Gasteiger partial charge is 0.464 e. The first-order valence-electron chi connectivity index (χ1n) is 9.72. The minimum absolute atomic E-state index is 0.0121. The number of para-hydroxylation sites is 1. The summed E-state index contributed by atoms with van der Waals surface area (Å²) in [6.45, 7) is 5.84. The Bertz CT molecular complexity index is 790. The zero-order chi connectivity index (χ0) is 20.0. The summed E-state index contributed by atoms with van der Waals surface area (Å²) in [5.74, 6) is -0.824. The number of fused-ring (bicyclic) bond motifs is 1. The molecule has 0 aliphatic heterocycles. The molecule has 6 heteroatoms. The fourth-order valence-electron chi connectivity index (χ4n) is 2.92. The van der Waals surface area contributed by atoms with E-state index in [2.05, 4.69) is 5.32 Å². The Morgan fingerprint density at radius 2 is 2.08 bits per heavy atom. The van der Waals surface area contributed by atoms with Crippen LogP contribution in [0.4, 0.5) is 0 Å². The Balaban J connectivity index is 2.28. The number of hydrogen-bond donors (Lipinski definition) is 2. The smallest absolute Gasteiger partial charge is 0.328 e. The number of carbonyl (C=O) groups is 2. The van der Waals surface area contributed by atoms with Crippen molar-refractivity contribution >= 4 is 22.8 Å². The van der Waals surface area contributed by atoms with Gasteiger partial charge < -0.3 is 20.4 Å². The highest BCUT2D eigenvalue weighted by molar-refractivity contribution is 5.89. The lowest BCUT2D eigenvalue weighted by molar-refractivity contribution is -0.147. The standard InChI is InChI=1S/C20H29N3O3/c1-5-13(3)18(21)19(24)22-16(20(25)26-6-2)11-14-12-23(4)17-10-8-7-9-15(14)17/h7-10,12-13,16,18H,5-6,11,21H2,1-4H3,(H,22,24)/t13-,16-,18-/m0/s1/i4D. The maximum atomic E-state index is 12.5. The van der Waals surface area contributed by atoms with E-state index in [4.69, 9.17) is 11.8 Å². The molecule has 3 N–H and O–H groups in total. The van der Waals surface area contributed by atoms with Crippen LogP contribution < -0.4 is 11.1 Å². The third-order valence-electron chi connectivity index (χ3n) is 4.74. The number of nitrogens with two attached hydrogens (primary N) is 1. The zero-order valence-electron chi connectivity index (χ0n) is 16.7. The van der Waals surface area contributed by atoms with Gasteiger partial charge in [-0.25, -0.2) is 4.79 Å². The first-order valence-corrected chi connectivity index (χ1v) is 9.01. The predicted molar refractivity (Wildman–Crippen MR) is 103 cm³/mol. The zero-order valence-corrected chi connectivity index (χ0v) is 15.7. The third-order valence-corrected chi connectivity index (χ3v) is 4.74. The molecule has 0 aliphatic rings. The lowest BCUT2D eigenvalue weighted by Crippen LogP contribution is -2.51. The third kappa shape index (κ3) is 4.43. The first kappa shape index (κ1) is 18.5. The van der Waals surface area contributed by atoms with E-state index < -0.39 is 18.1 Å². The number of nitrogens with zero attached hydrogens (tertiary/aromatic N) is 1. The number of nitrogens with one attached hydrogen (secondary N) is 1. The van der Waals surface area contributed by atoms with Gasteiger partial charge in [-0.1, -0.05) is 38.5 Å². The molecule has 0 saturated carbocycles. The van der Waals surface area contributed by atoms with Crippen molar-refractivity contribution < 1.29 is 15.7 Å². The number of carbonyl (C=O) groups excluding carboxylic acids is 2. The van der Waals surface area contributed by atoms with Crippen LogP contribution in [-0.4, -0.2) is 35.1 Å². The van der Waals surface area contributed by atoms with Crippen molar-refractivity contribution in [2.45, 2.75) is 45.7 Å². The maximum absolute atomic E-state index is 12.5. The van der Waals surface area contributed by atoms with Crippen molar-refractivity contribution in [3.05, 3.63) is 36.0 Å². The van der Waals surface area contributed by atoms with Gasteiger partial charge in [-0.3, -0.25) is 4.79 Å². The van der Waals surface area contributed by atoms with E-state index in [1.165, 1.54) is 0 Å². The summed E-state index contributed by atoms with van der Waals surface area (Å²) in [4.78, 5) is 24.9. The van der Waals surface area contributed by atoms with Gasteiger partial charge in [0.2, 0.25) is 5.91 Å². The second-order valence-corrected chi connectivity index (χ2v) is 6.57. The predicted octanol–water partition coefficient (Wildman–Crippen LogP) is 2.14. The molecule has 0 saturated heterocycles. The van der Waals surface area contributed by atoms with Crippen LogP contribution in [-0.2, 0) is 27.8 Å². The van der Waals surface area contributed by atoms with Crippen molar-refractivity contribution in [3.63, 3.8) is 0 Å². The number of esters is 1. The van der Waals surface area contributed by atoms with Crippen LogP contribution >= 0.6 is 0 Å². The van der Waals surface area contributed by atoms with Crippen LogP contribution in [0.2, 0.25) is 0 Å². The van der Waals surface area contributed by atoms with Crippen molar-refractivity contribution in [3.8, 4) is 0 Å². The van der Waals surface area contributed by atoms with Gasteiger partial charge in [-0.2, -0.15) is 0 Å². The number of amides is 1. The molecule has 1 aromatic heterocycles. The Labute approximate surface area is 156 Å². The topological polar surface area (TPSA) is 86.4 Å². The van der Waals surface area contributed by atoms with Gasteiger partial charge in [0.15, 0.2) is 0 Å². The van der Waals surface area contributed by atoms with E-state index in [-0.39, 0.29) is 31.9 Å². The number of hydrogen-bond acceptors (Lipinski definition) is 4. The van der Waals surface area contributed by atoms with Gasteiger partial charge >= 0.3 is 5.97 Å². The van der Waals surface area contributed by atoms with Crippen LogP contribution in [0.15, 0.2) is 30.5 Å². The number of benzene rings is 1. The van der Waals surface area contributed by atoms with Gasteiger partial charge in [0.1, 0.15) is 6.04 Å². The molecule has 0 unspecified atom stereocenters. The molecule has 2 aromatic rings. The molecule has 1 amide bonds.